The number of hydrogen-bond donors (Lipinski definition) is 2. The molecular formula is C34H39F4N3O2. The third-order valence-corrected chi connectivity index (χ3v) is 8.13. The number of unbranched alkanes of at least 4 members (excludes halogenated alkanes) is 1. The molecule has 9 heteroatoms. The van der Waals surface area contributed by atoms with Crippen LogP contribution in [0.5, 0.6) is 0 Å². The molecule has 43 heavy (non-hydrogen) atoms. The minimum Gasteiger partial charge on any atom is -0.383 e. The first-order chi connectivity index (χ1) is 20.4. The maximum absolute atomic E-state index is 14.9. The van der Waals surface area contributed by atoms with Crippen LogP contribution in [0, 0.1) is 25.6 Å². The number of likely N-dealkylation sites (tertiary alicyclic amines) is 1. The molecule has 1 heterocycles. The third-order valence-electron chi connectivity index (χ3n) is 8.13. The molecule has 2 amide bonds. The molecule has 5 nitrogen and oxygen atoms in total. The van der Waals surface area contributed by atoms with E-state index in [9.17, 15) is 27.2 Å². The number of nitrogens with one attached hydrogen (secondary N) is 2. The zero-order valence-corrected chi connectivity index (χ0v) is 25.0. The van der Waals surface area contributed by atoms with E-state index in [1.807, 2.05) is 24.3 Å². The number of amides is 2. The van der Waals surface area contributed by atoms with Gasteiger partial charge in [0.2, 0.25) is 5.91 Å². The summed E-state index contributed by atoms with van der Waals surface area (Å²) in [6.07, 6.45) is -0.470. The summed E-state index contributed by atoms with van der Waals surface area (Å²) in [6.45, 7) is 7.58. The van der Waals surface area contributed by atoms with E-state index in [0.29, 0.717) is 30.5 Å². The molecule has 3 aromatic rings. The van der Waals surface area contributed by atoms with Crippen molar-refractivity contribution >= 4 is 23.2 Å². The minimum atomic E-state index is -4.57. The Bertz CT molecular complexity index is 1420. The Morgan fingerprint density at radius 1 is 1.00 bits per heavy atom. The summed E-state index contributed by atoms with van der Waals surface area (Å²) in [5.41, 5.74) is 1.26. The second-order valence-electron chi connectivity index (χ2n) is 11.5. The molecule has 2 unspecified atom stereocenters. The number of rotatable bonds is 9. The van der Waals surface area contributed by atoms with Crippen LogP contribution < -0.4 is 10.6 Å². The highest BCUT2D eigenvalue weighted by Gasteiger charge is 2.41. The maximum atomic E-state index is 14.9. The van der Waals surface area contributed by atoms with Gasteiger partial charge in [0, 0.05) is 24.0 Å². The lowest BCUT2D eigenvalue weighted by Crippen LogP contribution is -2.46. The fraction of sp³-hybridized carbons (Fsp3) is 0.412. The Kier molecular flexibility index (Phi) is 10.1. The van der Waals surface area contributed by atoms with Crippen LogP contribution in [0.1, 0.15) is 84.6 Å². The Hall–Kier alpha value is -3.88. The minimum absolute atomic E-state index is 0.0238. The molecule has 1 aliphatic rings. The van der Waals surface area contributed by atoms with Crippen molar-refractivity contribution in [3.05, 3.63) is 94.3 Å². The molecule has 3 aromatic carbocycles. The summed E-state index contributed by atoms with van der Waals surface area (Å²) in [7, 11) is 0. The van der Waals surface area contributed by atoms with Gasteiger partial charge in [0.25, 0.3) is 5.91 Å². The summed E-state index contributed by atoms with van der Waals surface area (Å²) in [5.74, 6) is -2.44. The Balaban J connectivity index is 1.68. The highest BCUT2D eigenvalue weighted by Crippen LogP contribution is 2.39. The van der Waals surface area contributed by atoms with Gasteiger partial charge < -0.3 is 15.5 Å². The normalized spacial score (nSPS) is 17.8. The van der Waals surface area contributed by atoms with Crippen LogP contribution in [0.4, 0.5) is 28.9 Å². The van der Waals surface area contributed by atoms with Gasteiger partial charge in [0.05, 0.1) is 23.1 Å². The van der Waals surface area contributed by atoms with Gasteiger partial charge in [0.15, 0.2) is 0 Å². The quantitative estimate of drug-likeness (QED) is 0.243. The Morgan fingerprint density at radius 2 is 1.70 bits per heavy atom. The number of anilines is 2. The van der Waals surface area contributed by atoms with Crippen molar-refractivity contribution in [3.8, 4) is 0 Å². The van der Waals surface area contributed by atoms with Crippen LogP contribution in [-0.2, 0) is 11.0 Å². The van der Waals surface area contributed by atoms with Crippen molar-refractivity contribution in [1.82, 2.24) is 4.90 Å². The average molecular weight is 598 g/mol. The lowest BCUT2D eigenvalue weighted by Gasteiger charge is -2.41. The standard InChI is InChI=1S/C34H39F4N3O2/c1-5-6-10-23(4)39-25-17-14-24(15-18-25)31-27(32(42)40-26-16-13-21(2)28(20-26)34(36,37)38)11-8-19-41(31)33(43)30-22(3)9-7-12-29(30)35/h7,9,12-18,20,23,27,31,39H,5-6,8,10-11,19H2,1-4H3,(H,40,42)/t23?,27?,31-/m0/s1. The zero-order valence-electron chi connectivity index (χ0n) is 25.0. The Morgan fingerprint density at radius 3 is 2.35 bits per heavy atom. The van der Waals surface area contributed by atoms with Crippen LogP contribution in [0.2, 0.25) is 0 Å². The average Bonchev–Trinajstić information content (AvgIpc) is 2.96. The summed E-state index contributed by atoms with van der Waals surface area (Å²) in [5, 5.41) is 6.14. The van der Waals surface area contributed by atoms with E-state index < -0.39 is 41.3 Å². The van der Waals surface area contributed by atoms with Gasteiger partial charge in [-0.25, -0.2) is 4.39 Å². The van der Waals surface area contributed by atoms with Gasteiger partial charge in [-0.3, -0.25) is 9.59 Å². The predicted molar refractivity (Wildman–Crippen MR) is 162 cm³/mol. The van der Waals surface area contributed by atoms with Crippen molar-refractivity contribution in [1.29, 1.82) is 0 Å². The first kappa shape index (κ1) is 32.0. The van der Waals surface area contributed by atoms with Gasteiger partial charge in [-0.1, -0.05) is 50.1 Å². The first-order valence-electron chi connectivity index (χ1n) is 14.8. The van der Waals surface area contributed by atoms with E-state index in [-0.39, 0.29) is 22.9 Å². The second-order valence-corrected chi connectivity index (χ2v) is 11.5. The zero-order chi connectivity index (χ0) is 31.3. The van der Waals surface area contributed by atoms with E-state index in [0.717, 1.165) is 31.0 Å². The maximum Gasteiger partial charge on any atom is 0.416 e. The topological polar surface area (TPSA) is 61.4 Å². The number of benzene rings is 3. The highest BCUT2D eigenvalue weighted by atomic mass is 19.4. The highest BCUT2D eigenvalue weighted by molar-refractivity contribution is 5.98. The summed E-state index contributed by atoms with van der Waals surface area (Å²) >= 11 is 0. The molecule has 230 valence electrons. The van der Waals surface area contributed by atoms with Crippen molar-refractivity contribution in [3.63, 3.8) is 0 Å². The lowest BCUT2D eigenvalue weighted by atomic mass is 9.83. The van der Waals surface area contributed by atoms with Gasteiger partial charge >= 0.3 is 6.18 Å². The molecule has 0 aromatic heterocycles. The number of alkyl halides is 3. The fourth-order valence-corrected chi connectivity index (χ4v) is 5.84. The largest absolute Gasteiger partial charge is 0.416 e. The van der Waals surface area contributed by atoms with Gasteiger partial charge in [-0.15, -0.1) is 0 Å². The molecule has 1 saturated heterocycles. The number of hydrogen-bond acceptors (Lipinski definition) is 3. The van der Waals surface area contributed by atoms with E-state index in [2.05, 4.69) is 24.5 Å². The van der Waals surface area contributed by atoms with Crippen LogP contribution in [0.3, 0.4) is 0 Å². The van der Waals surface area contributed by atoms with Crippen LogP contribution in [0.15, 0.2) is 60.7 Å². The molecule has 2 N–H and O–H groups in total. The molecular weight excluding hydrogens is 558 g/mol. The van der Waals surface area contributed by atoms with E-state index in [1.54, 1.807) is 13.0 Å². The monoisotopic (exact) mass is 597 g/mol. The Labute approximate surface area is 250 Å². The number of aryl methyl sites for hydroxylation is 2. The van der Waals surface area contributed by atoms with Crippen LogP contribution in [0.25, 0.3) is 0 Å². The fourth-order valence-electron chi connectivity index (χ4n) is 5.84. The number of halogens is 4. The van der Waals surface area contributed by atoms with Crippen molar-refractivity contribution in [2.45, 2.75) is 78.1 Å². The number of carbonyl (C=O) groups excluding carboxylic acids is 2. The lowest BCUT2D eigenvalue weighted by molar-refractivity contribution is -0.138. The molecule has 0 aliphatic carbocycles. The first-order valence-corrected chi connectivity index (χ1v) is 14.8. The van der Waals surface area contributed by atoms with E-state index in [4.69, 9.17) is 0 Å². The molecule has 0 bridgehead atoms. The molecule has 3 atom stereocenters. The smallest absolute Gasteiger partial charge is 0.383 e. The predicted octanol–water partition coefficient (Wildman–Crippen LogP) is 8.68. The van der Waals surface area contributed by atoms with Crippen LogP contribution in [-0.4, -0.2) is 29.3 Å². The summed E-state index contributed by atoms with van der Waals surface area (Å²) < 4.78 is 55.6. The molecule has 1 aliphatic heterocycles. The summed E-state index contributed by atoms with van der Waals surface area (Å²) in [4.78, 5) is 29.1. The van der Waals surface area contributed by atoms with Gasteiger partial charge in [0.1, 0.15) is 5.82 Å². The molecule has 1 fully saturated rings. The van der Waals surface area contributed by atoms with Crippen LogP contribution >= 0.6 is 0 Å². The summed E-state index contributed by atoms with van der Waals surface area (Å²) in [6, 6.07) is 15.1. The van der Waals surface area contributed by atoms with Crippen molar-refractivity contribution in [2.75, 3.05) is 17.2 Å². The number of nitrogens with zero attached hydrogens (tertiary/aromatic N) is 1. The number of piperidine rings is 1. The molecule has 0 saturated carbocycles. The van der Waals surface area contributed by atoms with E-state index in [1.165, 1.54) is 36.1 Å². The third kappa shape index (κ3) is 7.56. The van der Waals surface area contributed by atoms with E-state index >= 15 is 0 Å². The van der Waals surface area contributed by atoms with Gasteiger partial charge in [-0.05, 0) is 87.1 Å². The van der Waals surface area contributed by atoms with Crippen molar-refractivity contribution in [2.24, 2.45) is 5.92 Å². The molecule has 0 radical (unpaired) electrons. The molecule has 0 spiro atoms. The van der Waals surface area contributed by atoms with Gasteiger partial charge in [-0.2, -0.15) is 13.2 Å². The number of carbonyl (C=O) groups is 2. The SMILES string of the molecule is CCCCC(C)Nc1ccc([C@H]2C(C(=O)Nc3ccc(C)c(C(F)(F)F)c3)CCCN2C(=O)c2c(C)cccc2F)cc1. The van der Waals surface area contributed by atoms with Crippen molar-refractivity contribution < 1.29 is 27.2 Å². The second kappa shape index (κ2) is 13.6. The molecule has 4 rings (SSSR count).